The summed E-state index contributed by atoms with van der Waals surface area (Å²) in [5.74, 6) is -0.883. The molecule has 27 heavy (non-hydrogen) atoms. The van der Waals surface area contributed by atoms with Gasteiger partial charge in [0.05, 0.1) is 6.61 Å². The van der Waals surface area contributed by atoms with E-state index in [1.54, 1.807) is 0 Å². The Bertz CT molecular complexity index is 427. The summed E-state index contributed by atoms with van der Waals surface area (Å²) in [6, 6.07) is 0. The van der Waals surface area contributed by atoms with Crippen LogP contribution in [-0.4, -0.2) is 59.8 Å². The van der Waals surface area contributed by atoms with Gasteiger partial charge in [-0.25, -0.2) is 0 Å². The van der Waals surface area contributed by atoms with Gasteiger partial charge < -0.3 is 24.4 Å². The average Bonchev–Trinajstić information content (AvgIpc) is 2.98. The summed E-state index contributed by atoms with van der Waals surface area (Å²) >= 11 is 0. The fourth-order valence-corrected chi connectivity index (χ4v) is 3.20. The Labute approximate surface area is 162 Å². The predicted molar refractivity (Wildman–Crippen MR) is 100 cm³/mol. The summed E-state index contributed by atoms with van der Waals surface area (Å²) in [5.41, 5.74) is 0. The molecule has 1 fully saturated rings. The third kappa shape index (κ3) is 10.1. The molecule has 0 spiro atoms. The first-order chi connectivity index (χ1) is 13.0. The first kappa shape index (κ1) is 23.9. The number of aliphatic hydroxyl groups excluding tert-OH is 2. The molecular weight excluding hydrogens is 352 g/mol. The van der Waals surface area contributed by atoms with Crippen molar-refractivity contribution in [3.8, 4) is 0 Å². The maximum Gasteiger partial charge on any atom is 0.305 e. The summed E-state index contributed by atoms with van der Waals surface area (Å²) in [7, 11) is 0. The summed E-state index contributed by atoms with van der Waals surface area (Å²) in [4.78, 5) is 22.7. The normalized spacial score (nSPS) is 23.2. The van der Waals surface area contributed by atoms with Gasteiger partial charge in [0.15, 0.2) is 6.10 Å². The van der Waals surface area contributed by atoms with Crippen molar-refractivity contribution >= 4 is 11.9 Å². The molecule has 1 saturated heterocycles. The smallest absolute Gasteiger partial charge is 0.305 e. The second-order valence-electron chi connectivity index (χ2n) is 7.27. The van der Waals surface area contributed by atoms with E-state index in [-0.39, 0.29) is 19.2 Å². The Morgan fingerprint density at radius 2 is 1.67 bits per heavy atom. The Kier molecular flexibility index (Phi) is 12.3. The number of carbonyl (C=O) groups excluding carboxylic acids is 2. The molecule has 0 amide bonds. The molecule has 4 atom stereocenters. The van der Waals surface area contributed by atoms with Crippen LogP contribution in [0.1, 0.15) is 78.1 Å². The van der Waals surface area contributed by atoms with Gasteiger partial charge in [0.2, 0.25) is 0 Å². The first-order valence-corrected chi connectivity index (χ1v) is 10.3. The minimum absolute atomic E-state index is 0.00879. The number of rotatable bonds is 14. The summed E-state index contributed by atoms with van der Waals surface area (Å²) in [6.45, 7) is 3.21. The van der Waals surface area contributed by atoms with E-state index in [9.17, 15) is 19.8 Å². The summed E-state index contributed by atoms with van der Waals surface area (Å²) in [5, 5.41) is 20.1. The van der Waals surface area contributed by atoms with Crippen LogP contribution in [0.4, 0.5) is 0 Å². The fourth-order valence-electron chi connectivity index (χ4n) is 3.20. The van der Waals surface area contributed by atoms with Gasteiger partial charge in [-0.05, 0) is 6.42 Å². The third-order valence-electron chi connectivity index (χ3n) is 4.77. The molecular formula is C20H36O7. The van der Waals surface area contributed by atoms with E-state index in [0.29, 0.717) is 6.42 Å². The van der Waals surface area contributed by atoms with Gasteiger partial charge in [-0.3, -0.25) is 9.59 Å². The molecule has 1 aliphatic rings. The van der Waals surface area contributed by atoms with Gasteiger partial charge >= 0.3 is 11.9 Å². The SMILES string of the molecule is CCCCCCCCCCCC(=O)OC[C@@H](O)[C@H]1OC[C@H](OC(C)=O)[C@H]1O. The van der Waals surface area contributed by atoms with E-state index in [2.05, 4.69) is 6.92 Å². The number of carbonyl (C=O) groups is 2. The first-order valence-electron chi connectivity index (χ1n) is 10.3. The van der Waals surface area contributed by atoms with Gasteiger partial charge in [-0.2, -0.15) is 0 Å². The van der Waals surface area contributed by atoms with E-state index >= 15 is 0 Å². The number of ether oxygens (including phenoxy) is 3. The van der Waals surface area contributed by atoms with Crippen LogP contribution in [0.3, 0.4) is 0 Å². The van der Waals surface area contributed by atoms with Crippen LogP contribution in [0.15, 0.2) is 0 Å². The number of hydrogen-bond acceptors (Lipinski definition) is 7. The Balaban J connectivity index is 2.06. The molecule has 0 radical (unpaired) electrons. The highest BCUT2D eigenvalue weighted by molar-refractivity contribution is 5.69. The minimum Gasteiger partial charge on any atom is -0.463 e. The van der Waals surface area contributed by atoms with Crippen molar-refractivity contribution in [1.29, 1.82) is 0 Å². The number of esters is 2. The van der Waals surface area contributed by atoms with Crippen molar-refractivity contribution < 1.29 is 34.0 Å². The van der Waals surface area contributed by atoms with Crippen molar-refractivity contribution in [2.75, 3.05) is 13.2 Å². The van der Waals surface area contributed by atoms with E-state index in [1.807, 2.05) is 0 Å². The van der Waals surface area contributed by atoms with Gasteiger partial charge in [0, 0.05) is 13.3 Å². The molecule has 0 bridgehead atoms. The molecule has 0 aliphatic carbocycles. The zero-order chi connectivity index (χ0) is 20.1. The lowest BCUT2D eigenvalue weighted by molar-refractivity contribution is -0.152. The maximum absolute atomic E-state index is 11.8. The quantitative estimate of drug-likeness (QED) is 0.348. The Morgan fingerprint density at radius 3 is 2.26 bits per heavy atom. The van der Waals surface area contributed by atoms with Crippen LogP contribution in [-0.2, 0) is 23.8 Å². The zero-order valence-electron chi connectivity index (χ0n) is 16.7. The topological polar surface area (TPSA) is 102 Å². The van der Waals surface area contributed by atoms with Crippen LogP contribution in [0.2, 0.25) is 0 Å². The van der Waals surface area contributed by atoms with Crippen molar-refractivity contribution in [3.63, 3.8) is 0 Å². The fraction of sp³-hybridized carbons (Fsp3) is 0.900. The second-order valence-corrected chi connectivity index (χ2v) is 7.27. The summed E-state index contributed by atoms with van der Waals surface area (Å²) in [6.07, 6.45) is 6.83. The Hall–Kier alpha value is -1.18. The van der Waals surface area contributed by atoms with Crippen molar-refractivity contribution in [3.05, 3.63) is 0 Å². The lowest BCUT2D eigenvalue weighted by Gasteiger charge is -2.21. The van der Waals surface area contributed by atoms with Crippen molar-refractivity contribution in [2.45, 2.75) is 102 Å². The zero-order valence-corrected chi connectivity index (χ0v) is 16.7. The average molecular weight is 389 g/mol. The highest BCUT2D eigenvalue weighted by Crippen LogP contribution is 2.21. The van der Waals surface area contributed by atoms with Gasteiger partial charge in [-0.15, -0.1) is 0 Å². The number of aliphatic hydroxyl groups is 2. The van der Waals surface area contributed by atoms with Crippen molar-refractivity contribution in [1.82, 2.24) is 0 Å². The lowest BCUT2D eigenvalue weighted by Crippen LogP contribution is -2.42. The highest BCUT2D eigenvalue weighted by atomic mass is 16.6. The highest BCUT2D eigenvalue weighted by Gasteiger charge is 2.42. The van der Waals surface area contributed by atoms with Gasteiger partial charge in [-0.1, -0.05) is 58.3 Å². The molecule has 0 unspecified atom stereocenters. The predicted octanol–water partition coefficient (Wildman–Crippen LogP) is 2.50. The molecule has 7 nitrogen and oxygen atoms in total. The van der Waals surface area contributed by atoms with Crippen LogP contribution in [0.5, 0.6) is 0 Å². The second kappa shape index (κ2) is 13.9. The standard InChI is InChI=1S/C20H36O7/c1-3-4-5-6-7-8-9-10-11-12-18(23)25-13-16(22)20-19(24)17(14-26-20)27-15(2)21/h16-17,19-20,22,24H,3-14H2,1-2H3/t16-,17+,19-,20-/m1/s1. The third-order valence-corrected chi connectivity index (χ3v) is 4.77. The summed E-state index contributed by atoms with van der Waals surface area (Å²) < 4.78 is 15.2. The largest absolute Gasteiger partial charge is 0.463 e. The number of unbranched alkanes of at least 4 members (excludes halogenated alkanes) is 8. The molecule has 1 aliphatic heterocycles. The van der Waals surface area contributed by atoms with E-state index in [4.69, 9.17) is 14.2 Å². The molecule has 7 heteroatoms. The molecule has 0 saturated carbocycles. The minimum atomic E-state index is -1.16. The maximum atomic E-state index is 11.8. The molecule has 0 aromatic carbocycles. The van der Waals surface area contributed by atoms with Gasteiger partial charge in [0.25, 0.3) is 0 Å². The number of hydrogen-bond donors (Lipinski definition) is 2. The van der Waals surface area contributed by atoms with Crippen LogP contribution < -0.4 is 0 Å². The Morgan fingerprint density at radius 1 is 1.07 bits per heavy atom. The van der Waals surface area contributed by atoms with Crippen LogP contribution >= 0.6 is 0 Å². The molecule has 158 valence electrons. The van der Waals surface area contributed by atoms with E-state index < -0.39 is 30.4 Å². The molecule has 2 N–H and O–H groups in total. The monoisotopic (exact) mass is 388 g/mol. The molecule has 0 aromatic rings. The lowest BCUT2D eigenvalue weighted by atomic mass is 10.1. The van der Waals surface area contributed by atoms with Crippen LogP contribution in [0.25, 0.3) is 0 Å². The van der Waals surface area contributed by atoms with Crippen LogP contribution in [0, 0.1) is 0 Å². The molecule has 1 rings (SSSR count). The van der Waals surface area contributed by atoms with Gasteiger partial charge in [0.1, 0.15) is 24.9 Å². The van der Waals surface area contributed by atoms with E-state index in [1.165, 1.54) is 45.4 Å². The van der Waals surface area contributed by atoms with Crippen molar-refractivity contribution in [2.24, 2.45) is 0 Å². The molecule has 0 aromatic heterocycles. The van der Waals surface area contributed by atoms with E-state index in [0.717, 1.165) is 19.3 Å². The molecule has 1 heterocycles.